The molecule has 5 aromatic rings. The van der Waals surface area contributed by atoms with E-state index in [0.29, 0.717) is 33.3 Å². The first-order valence-electron chi connectivity index (χ1n) is 8.99. The van der Waals surface area contributed by atoms with Crippen LogP contribution in [0.2, 0.25) is 5.02 Å². The van der Waals surface area contributed by atoms with Gasteiger partial charge in [-0.05, 0) is 36.4 Å². The Labute approximate surface area is 169 Å². The van der Waals surface area contributed by atoms with Gasteiger partial charge in [-0.1, -0.05) is 35.9 Å². The minimum atomic E-state index is -0.406. The van der Waals surface area contributed by atoms with Crippen molar-refractivity contribution in [3.63, 3.8) is 0 Å². The Morgan fingerprint density at radius 3 is 2.48 bits per heavy atom. The molecule has 0 unspecified atom stereocenters. The standard InChI is InChI=1S/C22H14ClFN4O/c23-15-6-5-7-16(24)14(15)13-27-19-9-1-2-10-20(19)28-21(29)12-18(26-22(27)28)17-8-3-4-11-25-17/h1-12H,13H2. The van der Waals surface area contributed by atoms with Crippen LogP contribution in [0.4, 0.5) is 4.39 Å². The lowest BCUT2D eigenvalue weighted by molar-refractivity contribution is 0.603. The maximum Gasteiger partial charge on any atom is 0.260 e. The number of hydrogen-bond donors (Lipinski definition) is 0. The van der Waals surface area contributed by atoms with Crippen LogP contribution >= 0.6 is 11.6 Å². The Morgan fingerprint density at radius 1 is 0.931 bits per heavy atom. The van der Waals surface area contributed by atoms with Gasteiger partial charge in [0.25, 0.3) is 5.56 Å². The molecule has 0 spiro atoms. The SMILES string of the molecule is O=c1cc(-c2ccccn2)nc2n(Cc3c(F)cccc3Cl)c3ccccc3n12. The summed E-state index contributed by atoms with van der Waals surface area (Å²) in [5.74, 6) is -0.00432. The average Bonchev–Trinajstić information content (AvgIpc) is 3.05. The highest BCUT2D eigenvalue weighted by Crippen LogP contribution is 2.25. The second kappa shape index (κ2) is 6.83. The first kappa shape index (κ1) is 17.6. The molecule has 2 aromatic carbocycles. The number of pyridine rings is 1. The summed E-state index contributed by atoms with van der Waals surface area (Å²) in [6, 6.07) is 18.9. The number of hydrogen-bond acceptors (Lipinski definition) is 3. The van der Waals surface area contributed by atoms with E-state index in [2.05, 4.69) is 4.98 Å². The van der Waals surface area contributed by atoms with Crippen molar-refractivity contribution in [3.8, 4) is 11.4 Å². The molecule has 3 heterocycles. The van der Waals surface area contributed by atoms with Crippen molar-refractivity contribution in [2.75, 3.05) is 0 Å². The van der Waals surface area contributed by atoms with Gasteiger partial charge < -0.3 is 4.57 Å². The van der Waals surface area contributed by atoms with Gasteiger partial charge in [0.1, 0.15) is 5.82 Å². The predicted octanol–water partition coefficient (Wildman–Crippen LogP) is 4.55. The molecule has 0 aliphatic rings. The van der Waals surface area contributed by atoms with E-state index in [1.54, 1.807) is 35.0 Å². The van der Waals surface area contributed by atoms with Gasteiger partial charge in [0.2, 0.25) is 5.78 Å². The summed E-state index contributed by atoms with van der Waals surface area (Å²) in [5, 5.41) is 0.323. The maximum absolute atomic E-state index is 14.5. The minimum Gasteiger partial charge on any atom is -0.305 e. The van der Waals surface area contributed by atoms with Gasteiger partial charge in [-0.15, -0.1) is 0 Å². The summed E-state index contributed by atoms with van der Waals surface area (Å²) in [5.41, 5.74) is 2.61. The van der Waals surface area contributed by atoms with E-state index >= 15 is 0 Å². The van der Waals surface area contributed by atoms with Crippen molar-refractivity contribution in [2.24, 2.45) is 0 Å². The van der Waals surface area contributed by atoms with Crippen LogP contribution in [0.15, 0.2) is 77.7 Å². The summed E-state index contributed by atoms with van der Waals surface area (Å²) >= 11 is 6.25. The minimum absolute atomic E-state index is 0.140. The first-order valence-corrected chi connectivity index (χ1v) is 9.36. The van der Waals surface area contributed by atoms with Crippen LogP contribution in [0, 0.1) is 5.82 Å². The molecule has 5 rings (SSSR count). The first-order chi connectivity index (χ1) is 14.1. The zero-order valence-corrected chi connectivity index (χ0v) is 15.8. The molecule has 29 heavy (non-hydrogen) atoms. The summed E-state index contributed by atoms with van der Waals surface area (Å²) in [6.45, 7) is 0.140. The fraction of sp³-hybridized carbons (Fsp3) is 0.0455. The Hall–Kier alpha value is -3.51. The van der Waals surface area contributed by atoms with Crippen LogP contribution in [0.1, 0.15) is 5.56 Å². The number of benzene rings is 2. The van der Waals surface area contributed by atoms with Crippen LogP contribution in [0.3, 0.4) is 0 Å². The number of rotatable bonds is 3. The number of nitrogens with zero attached hydrogens (tertiary/aromatic N) is 4. The third-order valence-electron chi connectivity index (χ3n) is 4.86. The lowest BCUT2D eigenvalue weighted by Gasteiger charge is -2.09. The number of imidazole rings is 1. The number of fused-ring (bicyclic) bond motifs is 3. The molecule has 0 fully saturated rings. The third kappa shape index (κ3) is 2.89. The van der Waals surface area contributed by atoms with Gasteiger partial charge >= 0.3 is 0 Å². The molecule has 7 heteroatoms. The number of para-hydroxylation sites is 2. The molecule has 0 aliphatic carbocycles. The summed E-state index contributed by atoms with van der Waals surface area (Å²) in [4.78, 5) is 22.0. The van der Waals surface area contributed by atoms with E-state index in [0.717, 1.165) is 5.52 Å². The maximum atomic E-state index is 14.5. The molecule has 0 amide bonds. The fourth-order valence-electron chi connectivity index (χ4n) is 3.51. The number of aromatic nitrogens is 4. The Bertz CT molecular complexity index is 1410. The highest BCUT2D eigenvalue weighted by Gasteiger charge is 2.17. The molecule has 0 saturated carbocycles. The molecule has 5 nitrogen and oxygen atoms in total. The van der Waals surface area contributed by atoms with Crippen molar-refractivity contribution in [3.05, 3.63) is 99.7 Å². The zero-order valence-electron chi connectivity index (χ0n) is 15.1. The largest absolute Gasteiger partial charge is 0.305 e. The molecule has 0 N–H and O–H groups in total. The van der Waals surface area contributed by atoms with E-state index in [1.165, 1.54) is 16.5 Å². The fourth-order valence-corrected chi connectivity index (χ4v) is 3.73. The lowest BCUT2D eigenvalue weighted by atomic mass is 10.2. The van der Waals surface area contributed by atoms with E-state index in [1.807, 2.05) is 30.3 Å². The lowest BCUT2D eigenvalue weighted by Crippen LogP contribution is -2.15. The summed E-state index contributed by atoms with van der Waals surface area (Å²) < 4.78 is 17.8. The second-order valence-corrected chi connectivity index (χ2v) is 7.01. The van der Waals surface area contributed by atoms with Crippen molar-refractivity contribution in [2.45, 2.75) is 6.54 Å². The van der Waals surface area contributed by atoms with Gasteiger partial charge in [0.15, 0.2) is 0 Å². The zero-order chi connectivity index (χ0) is 20.0. The Balaban J connectivity index is 1.83. The van der Waals surface area contributed by atoms with Crippen molar-refractivity contribution >= 4 is 28.4 Å². The van der Waals surface area contributed by atoms with Crippen molar-refractivity contribution in [1.82, 2.24) is 18.9 Å². The molecule has 142 valence electrons. The van der Waals surface area contributed by atoms with Gasteiger partial charge in [-0.25, -0.2) is 13.8 Å². The van der Waals surface area contributed by atoms with Gasteiger partial charge in [0.05, 0.1) is 29.0 Å². The quantitative estimate of drug-likeness (QED) is 0.443. The molecule has 0 saturated heterocycles. The van der Waals surface area contributed by atoms with Gasteiger partial charge in [0, 0.05) is 22.8 Å². The highest BCUT2D eigenvalue weighted by molar-refractivity contribution is 6.31. The van der Waals surface area contributed by atoms with Gasteiger partial charge in [-0.2, -0.15) is 0 Å². The van der Waals surface area contributed by atoms with Crippen molar-refractivity contribution in [1.29, 1.82) is 0 Å². The molecule has 0 atom stereocenters. The third-order valence-corrected chi connectivity index (χ3v) is 5.22. The van der Waals surface area contributed by atoms with E-state index in [4.69, 9.17) is 16.6 Å². The topological polar surface area (TPSA) is 52.2 Å². The molecule has 0 aliphatic heterocycles. The summed E-state index contributed by atoms with van der Waals surface area (Å²) in [7, 11) is 0. The summed E-state index contributed by atoms with van der Waals surface area (Å²) in [6.07, 6.45) is 1.65. The molecule has 0 bridgehead atoms. The molecular formula is C22H14ClFN4O. The number of halogens is 2. The van der Waals surface area contributed by atoms with Crippen molar-refractivity contribution < 1.29 is 4.39 Å². The average molecular weight is 405 g/mol. The van der Waals surface area contributed by atoms with Crippen LogP contribution in [-0.2, 0) is 6.54 Å². The monoisotopic (exact) mass is 404 g/mol. The van der Waals surface area contributed by atoms with E-state index < -0.39 is 5.82 Å². The predicted molar refractivity (Wildman–Crippen MR) is 111 cm³/mol. The smallest absolute Gasteiger partial charge is 0.260 e. The van der Waals surface area contributed by atoms with E-state index in [9.17, 15) is 9.18 Å². The van der Waals surface area contributed by atoms with Crippen LogP contribution < -0.4 is 5.56 Å². The Morgan fingerprint density at radius 2 is 1.72 bits per heavy atom. The molecule has 0 radical (unpaired) electrons. The normalized spacial score (nSPS) is 11.4. The van der Waals surface area contributed by atoms with E-state index in [-0.39, 0.29) is 12.1 Å². The van der Waals surface area contributed by atoms with Crippen LogP contribution in [0.25, 0.3) is 28.2 Å². The highest BCUT2D eigenvalue weighted by atomic mass is 35.5. The molecule has 3 aromatic heterocycles. The molecular weight excluding hydrogens is 391 g/mol. The second-order valence-electron chi connectivity index (χ2n) is 6.61. The van der Waals surface area contributed by atoms with Gasteiger partial charge in [-0.3, -0.25) is 9.78 Å². The Kier molecular flexibility index (Phi) is 4.14. The van der Waals surface area contributed by atoms with Crippen LogP contribution in [-0.4, -0.2) is 18.9 Å². The van der Waals surface area contributed by atoms with Crippen LogP contribution in [0.5, 0.6) is 0 Å².